The lowest BCUT2D eigenvalue weighted by Crippen LogP contribution is -2.43. The fraction of sp³-hybridized carbons (Fsp3) is 0.882. The van der Waals surface area contributed by atoms with E-state index >= 15 is 0 Å². The number of aromatic nitrogens is 3. The molecule has 2 atom stereocenters. The lowest BCUT2D eigenvalue weighted by molar-refractivity contribution is 0.192. The first-order valence-electron chi connectivity index (χ1n) is 8.57. The van der Waals surface area contributed by atoms with Crippen molar-refractivity contribution in [2.75, 3.05) is 6.54 Å². The largest absolute Gasteiger partial charge is 0.313 e. The van der Waals surface area contributed by atoms with Gasteiger partial charge in [0, 0.05) is 18.5 Å². The van der Waals surface area contributed by atoms with Gasteiger partial charge in [0.25, 0.3) is 0 Å². The Morgan fingerprint density at radius 1 is 1.43 bits per heavy atom. The second-order valence-electron chi connectivity index (χ2n) is 7.47. The van der Waals surface area contributed by atoms with Crippen molar-refractivity contribution in [1.82, 2.24) is 20.1 Å². The van der Waals surface area contributed by atoms with Gasteiger partial charge in [-0.15, -0.1) is 0 Å². The summed E-state index contributed by atoms with van der Waals surface area (Å²) in [4.78, 5) is 4.52. The van der Waals surface area contributed by atoms with E-state index < -0.39 is 0 Å². The summed E-state index contributed by atoms with van der Waals surface area (Å²) >= 11 is 0. The van der Waals surface area contributed by atoms with E-state index in [0.29, 0.717) is 17.5 Å². The van der Waals surface area contributed by atoms with Crippen molar-refractivity contribution in [2.45, 2.75) is 78.8 Å². The summed E-state index contributed by atoms with van der Waals surface area (Å²) in [6.45, 7) is 12.5. The Kier molecular flexibility index (Phi) is 5.42. The summed E-state index contributed by atoms with van der Waals surface area (Å²) < 4.78 is 2.07. The molecule has 0 amide bonds. The molecule has 0 bridgehead atoms. The molecule has 0 spiro atoms. The molecule has 1 aliphatic rings. The summed E-state index contributed by atoms with van der Waals surface area (Å²) in [5.74, 6) is 1.86. The minimum Gasteiger partial charge on any atom is -0.313 e. The molecule has 1 fully saturated rings. The van der Waals surface area contributed by atoms with Crippen LogP contribution in [-0.4, -0.2) is 27.4 Å². The summed E-state index contributed by atoms with van der Waals surface area (Å²) in [5, 5.41) is 8.18. The molecule has 0 aromatic carbocycles. The van der Waals surface area contributed by atoms with Crippen LogP contribution in [0.25, 0.3) is 0 Å². The summed E-state index contributed by atoms with van der Waals surface area (Å²) in [6.07, 6.45) is 7.92. The van der Waals surface area contributed by atoms with Gasteiger partial charge in [-0.05, 0) is 51.0 Å². The molecule has 1 aliphatic carbocycles. The number of rotatable bonds is 7. The zero-order chi connectivity index (χ0) is 15.5. The minimum atomic E-state index is 0.380. The topological polar surface area (TPSA) is 42.7 Å². The summed E-state index contributed by atoms with van der Waals surface area (Å²) in [6, 6.07) is 0.898. The number of hydrogen-bond donors (Lipinski definition) is 1. The van der Waals surface area contributed by atoms with Gasteiger partial charge in [-0.3, -0.25) is 0 Å². The van der Waals surface area contributed by atoms with Crippen molar-refractivity contribution >= 4 is 0 Å². The zero-order valence-corrected chi connectivity index (χ0v) is 14.4. The standard InChI is InChI=1S/C17H32N4/c1-6-10-18-15(14-8-7-9-17(14,4)5)11-16-19-12-20-21(16)13(2)3/h12-15,18H,6-11H2,1-5H3. The van der Waals surface area contributed by atoms with Crippen LogP contribution in [0.2, 0.25) is 0 Å². The average Bonchev–Trinajstić information content (AvgIpc) is 3.00. The minimum absolute atomic E-state index is 0.380. The second-order valence-corrected chi connectivity index (χ2v) is 7.47. The van der Waals surface area contributed by atoms with E-state index in [4.69, 9.17) is 0 Å². The van der Waals surface area contributed by atoms with E-state index in [2.05, 4.69) is 54.7 Å². The Balaban J connectivity index is 2.14. The highest BCUT2D eigenvalue weighted by Gasteiger charge is 2.39. The molecular formula is C17H32N4. The molecule has 4 heteroatoms. The van der Waals surface area contributed by atoms with Crippen LogP contribution in [-0.2, 0) is 6.42 Å². The van der Waals surface area contributed by atoms with Crippen LogP contribution in [0.3, 0.4) is 0 Å². The Bertz CT molecular complexity index is 436. The van der Waals surface area contributed by atoms with E-state index in [9.17, 15) is 0 Å². The summed E-state index contributed by atoms with van der Waals surface area (Å²) in [5.41, 5.74) is 0.439. The molecule has 1 heterocycles. The lowest BCUT2D eigenvalue weighted by Gasteiger charge is -2.35. The van der Waals surface area contributed by atoms with Crippen LogP contribution < -0.4 is 5.32 Å². The van der Waals surface area contributed by atoms with Crippen molar-refractivity contribution in [2.24, 2.45) is 11.3 Å². The summed E-state index contributed by atoms with van der Waals surface area (Å²) in [7, 11) is 0. The Morgan fingerprint density at radius 3 is 2.76 bits per heavy atom. The van der Waals surface area contributed by atoms with Crippen molar-refractivity contribution in [3.8, 4) is 0 Å². The molecular weight excluding hydrogens is 260 g/mol. The predicted molar refractivity (Wildman–Crippen MR) is 87.3 cm³/mol. The first kappa shape index (κ1) is 16.5. The van der Waals surface area contributed by atoms with Gasteiger partial charge < -0.3 is 5.32 Å². The van der Waals surface area contributed by atoms with Gasteiger partial charge in [-0.1, -0.05) is 27.2 Å². The van der Waals surface area contributed by atoms with Gasteiger partial charge in [0.2, 0.25) is 0 Å². The van der Waals surface area contributed by atoms with Crippen LogP contribution in [0.1, 0.15) is 72.2 Å². The van der Waals surface area contributed by atoms with E-state index in [1.165, 1.54) is 25.7 Å². The molecule has 21 heavy (non-hydrogen) atoms. The van der Waals surface area contributed by atoms with Gasteiger partial charge in [-0.25, -0.2) is 9.67 Å². The third kappa shape index (κ3) is 3.85. The molecule has 1 aromatic rings. The maximum atomic E-state index is 4.52. The van der Waals surface area contributed by atoms with Gasteiger partial charge in [0.05, 0.1) is 0 Å². The Labute approximate surface area is 129 Å². The van der Waals surface area contributed by atoms with Gasteiger partial charge in [0.15, 0.2) is 0 Å². The van der Waals surface area contributed by atoms with Crippen LogP contribution >= 0.6 is 0 Å². The van der Waals surface area contributed by atoms with E-state index in [1.807, 2.05) is 0 Å². The molecule has 1 aromatic heterocycles. The van der Waals surface area contributed by atoms with Crippen LogP contribution in [0, 0.1) is 11.3 Å². The smallest absolute Gasteiger partial charge is 0.138 e. The normalized spacial score (nSPS) is 22.9. The highest BCUT2D eigenvalue weighted by molar-refractivity contribution is 4.99. The molecule has 2 rings (SSSR count). The number of nitrogens with one attached hydrogen (secondary N) is 1. The van der Waals surface area contributed by atoms with Crippen molar-refractivity contribution < 1.29 is 0 Å². The molecule has 120 valence electrons. The van der Waals surface area contributed by atoms with Crippen molar-refractivity contribution in [1.29, 1.82) is 0 Å². The zero-order valence-electron chi connectivity index (χ0n) is 14.4. The Hall–Kier alpha value is -0.900. The third-order valence-corrected chi connectivity index (χ3v) is 5.02. The van der Waals surface area contributed by atoms with Crippen molar-refractivity contribution in [3.05, 3.63) is 12.2 Å². The molecule has 1 N–H and O–H groups in total. The third-order valence-electron chi connectivity index (χ3n) is 5.02. The maximum absolute atomic E-state index is 4.52. The highest BCUT2D eigenvalue weighted by atomic mass is 15.3. The second kappa shape index (κ2) is 6.91. The molecule has 1 saturated carbocycles. The van der Waals surface area contributed by atoms with Crippen LogP contribution in [0.15, 0.2) is 6.33 Å². The van der Waals surface area contributed by atoms with Gasteiger partial charge >= 0.3 is 0 Å². The first-order chi connectivity index (χ1) is 9.95. The highest BCUT2D eigenvalue weighted by Crippen LogP contribution is 2.44. The predicted octanol–water partition coefficient (Wildman–Crippen LogP) is 3.60. The SMILES string of the molecule is CCCNC(Cc1ncnn1C(C)C)C1CCCC1(C)C. The maximum Gasteiger partial charge on any atom is 0.138 e. The average molecular weight is 292 g/mol. The lowest BCUT2D eigenvalue weighted by atomic mass is 9.76. The molecule has 0 aliphatic heterocycles. The first-order valence-corrected chi connectivity index (χ1v) is 8.57. The number of hydrogen-bond acceptors (Lipinski definition) is 3. The Morgan fingerprint density at radius 2 is 2.19 bits per heavy atom. The molecule has 4 nitrogen and oxygen atoms in total. The van der Waals surface area contributed by atoms with Crippen molar-refractivity contribution in [3.63, 3.8) is 0 Å². The van der Waals surface area contributed by atoms with Crippen LogP contribution in [0.4, 0.5) is 0 Å². The van der Waals surface area contributed by atoms with E-state index in [0.717, 1.165) is 24.7 Å². The fourth-order valence-corrected chi connectivity index (χ4v) is 3.83. The quantitative estimate of drug-likeness (QED) is 0.835. The number of nitrogens with zero attached hydrogens (tertiary/aromatic N) is 3. The fourth-order valence-electron chi connectivity index (χ4n) is 3.83. The molecule has 0 radical (unpaired) electrons. The van der Waals surface area contributed by atoms with E-state index in [1.54, 1.807) is 6.33 Å². The van der Waals surface area contributed by atoms with Gasteiger partial charge in [0.1, 0.15) is 12.2 Å². The van der Waals surface area contributed by atoms with Gasteiger partial charge in [-0.2, -0.15) is 5.10 Å². The molecule has 2 unspecified atom stereocenters. The van der Waals surface area contributed by atoms with Crippen LogP contribution in [0.5, 0.6) is 0 Å². The monoisotopic (exact) mass is 292 g/mol. The van der Waals surface area contributed by atoms with E-state index in [-0.39, 0.29) is 0 Å². The molecule has 0 saturated heterocycles.